The van der Waals surface area contributed by atoms with Gasteiger partial charge < -0.3 is 24.6 Å². The molecule has 1 aromatic heterocycles. The van der Waals surface area contributed by atoms with Crippen molar-refractivity contribution in [1.29, 1.82) is 0 Å². The smallest absolute Gasteiger partial charge is 0.295 e. The highest BCUT2D eigenvalue weighted by molar-refractivity contribution is 7.09. The number of carbonyl (C=O) groups is 2. The van der Waals surface area contributed by atoms with E-state index in [0.29, 0.717) is 23.5 Å². The number of carbonyl (C=O) groups excluding carboxylic acids is 2. The van der Waals surface area contributed by atoms with Gasteiger partial charge in [0.1, 0.15) is 11.5 Å². The first kappa shape index (κ1) is 23.4. The Morgan fingerprint density at radius 1 is 1.12 bits per heavy atom. The lowest BCUT2D eigenvalue weighted by Gasteiger charge is -2.25. The number of ether oxygens (including phenoxy) is 2. The number of aryl methyl sites for hydroxylation is 1. The molecular weight excluding hydrogens is 454 g/mol. The number of ketones is 1. The monoisotopic (exact) mass is 479 g/mol. The van der Waals surface area contributed by atoms with Crippen molar-refractivity contribution in [2.75, 3.05) is 13.7 Å². The molecule has 34 heavy (non-hydrogen) atoms. The first-order valence-corrected chi connectivity index (χ1v) is 11.6. The Labute approximate surface area is 201 Å². The molecule has 4 rings (SSSR count). The predicted octanol–water partition coefficient (Wildman–Crippen LogP) is 4.79. The molecule has 1 saturated heterocycles. The number of nitrogens with zero attached hydrogens (tertiary/aromatic N) is 1. The number of phenols is 1. The molecule has 0 radical (unpaired) electrons. The first-order valence-electron chi connectivity index (χ1n) is 10.8. The van der Waals surface area contributed by atoms with Crippen LogP contribution in [0.5, 0.6) is 17.2 Å². The summed E-state index contributed by atoms with van der Waals surface area (Å²) < 4.78 is 10.8. The number of rotatable bonds is 7. The van der Waals surface area contributed by atoms with Crippen LogP contribution in [0.1, 0.15) is 34.5 Å². The van der Waals surface area contributed by atoms with Crippen LogP contribution in [0.3, 0.4) is 0 Å². The molecule has 2 N–H and O–H groups in total. The Morgan fingerprint density at radius 2 is 1.91 bits per heavy atom. The molecule has 1 aliphatic rings. The average Bonchev–Trinajstić information content (AvgIpc) is 3.42. The van der Waals surface area contributed by atoms with Crippen LogP contribution in [0.15, 0.2) is 59.5 Å². The van der Waals surface area contributed by atoms with Crippen molar-refractivity contribution in [3.05, 3.63) is 81.1 Å². The van der Waals surface area contributed by atoms with Crippen molar-refractivity contribution in [3.8, 4) is 17.2 Å². The summed E-state index contributed by atoms with van der Waals surface area (Å²) in [5.41, 5.74) is 1.71. The van der Waals surface area contributed by atoms with Crippen molar-refractivity contribution in [1.82, 2.24) is 4.90 Å². The van der Waals surface area contributed by atoms with Gasteiger partial charge in [0.05, 0.1) is 31.9 Å². The number of aliphatic hydroxyl groups excluding tert-OH is 1. The zero-order valence-electron chi connectivity index (χ0n) is 19.1. The van der Waals surface area contributed by atoms with Crippen LogP contribution < -0.4 is 9.47 Å². The number of likely N-dealkylation sites (tertiary alicyclic amines) is 1. The van der Waals surface area contributed by atoms with Gasteiger partial charge in [-0.1, -0.05) is 12.1 Å². The number of benzene rings is 2. The molecule has 2 heterocycles. The van der Waals surface area contributed by atoms with Gasteiger partial charge in [0.15, 0.2) is 11.5 Å². The lowest BCUT2D eigenvalue weighted by molar-refractivity contribution is -0.140. The SMILES string of the molecule is CCOc1cc(C2/C(=C(/O)c3ccc(OC)c(C)c3)C(=O)C(=O)N2Cc2cccs2)ccc1O. The van der Waals surface area contributed by atoms with Crippen molar-refractivity contribution < 1.29 is 29.3 Å². The molecule has 1 fully saturated rings. The Morgan fingerprint density at radius 3 is 2.56 bits per heavy atom. The molecule has 7 nitrogen and oxygen atoms in total. The molecule has 0 bridgehead atoms. The van der Waals surface area contributed by atoms with Crippen LogP contribution in [-0.2, 0) is 16.1 Å². The Balaban J connectivity index is 1.89. The molecule has 2 aromatic carbocycles. The number of amides is 1. The fraction of sp³-hybridized carbons (Fsp3) is 0.231. The highest BCUT2D eigenvalue weighted by atomic mass is 32.1. The zero-order valence-corrected chi connectivity index (χ0v) is 19.9. The van der Waals surface area contributed by atoms with Gasteiger partial charge in [-0.15, -0.1) is 11.3 Å². The van der Waals surface area contributed by atoms with E-state index in [4.69, 9.17) is 9.47 Å². The maximum absolute atomic E-state index is 13.2. The van der Waals surface area contributed by atoms with Gasteiger partial charge in [0.2, 0.25) is 0 Å². The highest BCUT2D eigenvalue weighted by Gasteiger charge is 2.46. The van der Waals surface area contributed by atoms with Gasteiger partial charge in [-0.25, -0.2) is 0 Å². The summed E-state index contributed by atoms with van der Waals surface area (Å²) in [6.07, 6.45) is 0. The molecule has 0 aliphatic carbocycles. The predicted molar refractivity (Wildman–Crippen MR) is 129 cm³/mol. The van der Waals surface area contributed by atoms with Crippen molar-refractivity contribution in [3.63, 3.8) is 0 Å². The minimum Gasteiger partial charge on any atom is -0.507 e. The van der Waals surface area contributed by atoms with Crippen LogP contribution in [0, 0.1) is 6.92 Å². The third-order valence-corrected chi connectivity index (χ3v) is 6.58. The molecular formula is C26H25NO6S. The quantitative estimate of drug-likeness (QED) is 0.287. The van der Waals surface area contributed by atoms with Crippen molar-refractivity contribution in [2.24, 2.45) is 0 Å². The normalized spacial score (nSPS) is 17.3. The summed E-state index contributed by atoms with van der Waals surface area (Å²) in [6, 6.07) is 12.7. The second kappa shape index (κ2) is 9.61. The summed E-state index contributed by atoms with van der Waals surface area (Å²) in [6.45, 7) is 4.16. The number of Topliss-reactive ketones (excluding diaryl/α,β-unsaturated/α-hetero) is 1. The molecule has 1 amide bonds. The van der Waals surface area contributed by atoms with Crippen LogP contribution in [0.2, 0.25) is 0 Å². The molecule has 1 atom stereocenters. The van der Waals surface area contributed by atoms with E-state index in [0.717, 1.165) is 10.4 Å². The lowest BCUT2D eigenvalue weighted by atomic mass is 9.94. The van der Waals surface area contributed by atoms with Gasteiger partial charge >= 0.3 is 0 Å². The van der Waals surface area contributed by atoms with E-state index in [1.54, 1.807) is 44.4 Å². The summed E-state index contributed by atoms with van der Waals surface area (Å²) in [5.74, 6) is -0.900. The molecule has 176 valence electrons. The summed E-state index contributed by atoms with van der Waals surface area (Å²) in [7, 11) is 1.55. The maximum atomic E-state index is 13.2. The number of methoxy groups -OCH3 is 1. The lowest BCUT2D eigenvalue weighted by Crippen LogP contribution is -2.28. The average molecular weight is 480 g/mol. The van der Waals surface area contributed by atoms with E-state index in [2.05, 4.69) is 0 Å². The second-order valence-electron chi connectivity index (χ2n) is 7.85. The second-order valence-corrected chi connectivity index (χ2v) is 8.88. The molecule has 0 spiro atoms. The van der Waals surface area contributed by atoms with Gasteiger partial charge in [-0.05, 0) is 66.8 Å². The van der Waals surface area contributed by atoms with E-state index in [-0.39, 0.29) is 29.4 Å². The third kappa shape index (κ3) is 4.24. The summed E-state index contributed by atoms with van der Waals surface area (Å²) in [5, 5.41) is 23.3. The standard InChI is InChI=1S/C26H25NO6S/c1-4-33-21-13-16(7-9-19(21)28)23-22(24(29)17-8-10-20(32-3)15(2)12-17)25(30)26(31)27(23)14-18-6-5-11-34-18/h5-13,23,28-29H,4,14H2,1-3H3/b24-22-. The number of hydrogen-bond donors (Lipinski definition) is 2. The highest BCUT2D eigenvalue weighted by Crippen LogP contribution is 2.43. The van der Waals surface area contributed by atoms with Crippen molar-refractivity contribution in [2.45, 2.75) is 26.4 Å². The van der Waals surface area contributed by atoms with E-state index >= 15 is 0 Å². The van der Waals surface area contributed by atoms with Gasteiger partial charge in [-0.3, -0.25) is 9.59 Å². The minimum absolute atomic E-state index is 0.0146. The van der Waals surface area contributed by atoms with Crippen LogP contribution >= 0.6 is 11.3 Å². The molecule has 1 unspecified atom stereocenters. The number of phenolic OH excluding ortho intramolecular Hbond substituents is 1. The van der Waals surface area contributed by atoms with E-state index < -0.39 is 17.7 Å². The first-order chi connectivity index (χ1) is 16.3. The molecule has 0 saturated carbocycles. The summed E-state index contributed by atoms with van der Waals surface area (Å²) >= 11 is 1.47. The Bertz CT molecular complexity index is 1260. The minimum atomic E-state index is -0.857. The fourth-order valence-corrected chi connectivity index (χ4v) is 4.82. The number of hydrogen-bond acceptors (Lipinski definition) is 7. The molecule has 3 aromatic rings. The van der Waals surface area contributed by atoms with Crippen LogP contribution in [-0.4, -0.2) is 40.5 Å². The molecule has 1 aliphatic heterocycles. The van der Waals surface area contributed by atoms with Crippen LogP contribution in [0.25, 0.3) is 5.76 Å². The fourth-order valence-electron chi connectivity index (χ4n) is 4.11. The van der Waals surface area contributed by atoms with E-state index in [9.17, 15) is 19.8 Å². The molecule has 8 heteroatoms. The maximum Gasteiger partial charge on any atom is 0.295 e. The van der Waals surface area contributed by atoms with Gasteiger partial charge in [0, 0.05) is 10.4 Å². The number of thiophene rings is 1. The number of aliphatic hydroxyl groups is 1. The van der Waals surface area contributed by atoms with E-state index in [1.165, 1.54) is 22.3 Å². The Hall–Kier alpha value is -3.78. The topological polar surface area (TPSA) is 96.3 Å². The third-order valence-electron chi connectivity index (χ3n) is 5.71. The van der Waals surface area contributed by atoms with Crippen LogP contribution in [0.4, 0.5) is 0 Å². The van der Waals surface area contributed by atoms with Gasteiger partial charge in [-0.2, -0.15) is 0 Å². The van der Waals surface area contributed by atoms with Gasteiger partial charge in [0.25, 0.3) is 11.7 Å². The Kier molecular flexibility index (Phi) is 6.61. The zero-order chi connectivity index (χ0) is 24.4. The van der Waals surface area contributed by atoms with Crippen molar-refractivity contribution >= 4 is 28.8 Å². The number of aromatic hydroxyl groups is 1. The largest absolute Gasteiger partial charge is 0.507 e. The summed E-state index contributed by atoms with van der Waals surface area (Å²) in [4.78, 5) is 28.7. The van der Waals surface area contributed by atoms with E-state index in [1.807, 2.05) is 24.4 Å².